The lowest BCUT2D eigenvalue weighted by Crippen LogP contribution is -2.18. The molecule has 1 aliphatic rings. The lowest BCUT2D eigenvalue weighted by molar-refractivity contribution is -0.0842. The molecule has 0 radical (unpaired) electrons. The van der Waals surface area contributed by atoms with Gasteiger partial charge in [-0.3, -0.25) is 0 Å². The van der Waals surface area contributed by atoms with Crippen molar-refractivity contribution in [2.75, 3.05) is 12.5 Å². The Bertz CT molecular complexity index is 106. The van der Waals surface area contributed by atoms with Crippen molar-refractivity contribution in [3.05, 3.63) is 0 Å². The van der Waals surface area contributed by atoms with Crippen molar-refractivity contribution < 1.29 is 9.47 Å². The number of hydrogen-bond acceptors (Lipinski definition) is 2. The number of alkyl halides is 1. The monoisotopic (exact) mass is 164 g/mol. The Hall–Kier alpha value is 0.210. The minimum Gasteiger partial charge on any atom is -0.350 e. The van der Waals surface area contributed by atoms with E-state index in [0.29, 0.717) is 18.4 Å². The van der Waals surface area contributed by atoms with Gasteiger partial charge in [0, 0.05) is 5.92 Å². The fourth-order valence-corrected chi connectivity index (χ4v) is 1.06. The van der Waals surface area contributed by atoms with Crippen LogP contribution >= 0.6 is 11.6 Å². The molecular formula is C7H13ClO2. The Morgan fingerprint density at radius 3 is 2.60 bits per heavy atom. The van der Waals surface area contributed by atoms with E-state index in [0.717, 1.165) is 0 Å². The molecule has 60 valence electrons. The van der Waals surface area contributed by atoms with E-state index < -0.39 is 0 Å². The van der Waals surface area contributed by atoms with Crippen LogP contribution in [0.1, 0.15) is 13.8 Å². The molecule has 0 aromatic heterocycles. The summed E-state index contributed by atoms with van der Waals surface area (Å²) < 4.78 is 10.7. The highest BCUT2D eigenvalue weighted by Gasteiger charge is 2.27. The summed E-state index contributed by atoms with van der Waals surface area (Å²) in [4.78, 5) is 0. The van der Waals surface area contributed by atoms with Gasteiger partial charge in [-0.2, -0.15) is 0 Å². The van der Waals surface area contributed by atoms with Gasteiger partial charge in [-0.1, -0.05) is 13.8 Å². The van der Waals surface area contributed by atoms with Crippen molar-refractivity contribution in [1.29, 1.82) is 0 Å². The molecule has 0 unspecified atom stereocenters. The van der Waals surface area contributed by atoms with Gasteiger partial charge in [-0.05, 0) is 0 Å². The smallest absolute Gasteiger partial charge is 0.160 e. The molecule has 0 amide bonds. The Morgan fingerprint density at radius 1 is 1.60 bits per heavy atom. The second-order valence-electron chi connectivity index (χ2n) is 2.86. The van der Waals surface area contributed by atoms with E-state index in [9.17, 15) is 0 Å². The maximum atomic E-state index is 5.57. The highest BCUT2D eigenvalue weighted by atomic mass is 35.5. The first-order valence-corrected chi connectivity index (χ1v) is 4.10. The molecule has 10 heavy (non-hydrogen) atoms. The molecular weight excluding hydrogens is 152 g/mol. The van der Waals surface area contributed by atoms with Crippen LogP contribution in [0.4, 0.5) is 0 Å². The molecule has 0 aromatic carbocycles. The SMILES string of the molecule is CC(C)[C@@H]1OC[C@@H](CCl)O1. The Labute approximate surface area is 66.5 Å². The van der Waals surface area contributed by atoms with Crippen LogP contribution in [-0.2, 0) is 9.47 Å². The van der Waals surface area contributed by atoms with Crippen molar-refractivity contribution in [1.82, 2.24) is 0 Å². The molecule has 0 saturated carbocycles. The van der Waals surface area contributed by atoms with Crippen LogP contribution in [0.25, 0.3) is 0 Å². The first-order valence-electron chi connectivity index (χ1n) is 3.57. The first-order chi connectivity index (χ1) is 4.74. The van der Waals surface area contributed by atoms with Gasteiger partial charge in [0.05, 0.1) is 18.6 Å². The zero-order chi connectivity index (χ0) is 7.56. The van der Waals surface area contributed by atoms with Gasteiger partial charge < -0.3 is 9.47 Å². The van der Waals surface area contributed by atoms with Crippen LogP contribution in [0.15, 0.2) is 0 Å². The third-order valence-electron chi connectivity index (χ3n) is 1.49. The summed E-state index contributed by atoms with van der Waals surface area (Å²) in [5.41, 5.74) is 0. The average molecular weight is 165 g/mol. The summed E-state index contributed by atoms with van der Waals surface area (Å²) in [5, 5.41) is 0. The Morgan fingerprint density at radius 2 is 2.30 bits per heavy atom. The molecule has 0 bridgehead atoms. The molecule has 3 heteroatoms. The quantitative estimate of drug-likeness (QED) is 0.578. The van der Waals surface area contributed by atoms with Gasteiger partial charge in [-0.25, -0.2) is 0 Å². The van der Waals surface area contributed by atoms with E-state index >= 15 is 0 Å². The molecule has 1 heterocycles. The molecule has 1 aliphatic heterocycles. The predicted molar refractivity (Wildman–Crippen MR) is 40.2 cm³/mol. The largest absolute Gasteiger partial charge is 0.350 e. The summed E-state index contributed by atoms with van der Waals surface area (Å²) in [6, 6.07) is 0. The first kappa shape index (κ1) is 8.31. The average Bonchev–Trinajstić information content (AvgIpc) is 2.34. The normalized spacial score (nSPS) is 33.6. The lowest BCUT2D eigenvalue weighted by Gasteiger charge is -2.12. The number of halogens is 1. The van der Waals surface area contributed by atoms with Crippen molar-refractivity contribution in [2.24, 2.45) is 5.92 Å². The minimum atomic E-state index is -0.0382. The molecule has 1 fully saturated rings. The van der Waals surface area contributed by atoms with E-state index in [1.54, 1.807) is 0 Å². The van der Waals surface area contributed by atoms with Crippen LogP contribution in [0.2, 0.25) is 0 Å². The molecule has 0 aromatic rings. The van der Waals surface area contributed by atoms with Gasteiger partial charge in [0.2, 0.25) is 0 Å². The Balaban J connectivity index is 2.28. The van der Waals surface area contributed by atoms with Crippen LogP contribution < -0.4 is 0 Å². The molecule has 0 spiro atoms. The van der Waals surface area contributed by atoms with Gasteiger partial charge in [0.1, 0.15) is 0 Å². The van der Waals surface area contributed by atoms with Crippen molar-refractivity contribution >= 4 is 11.6 Å². The maximum Gasteiger partial charge on any atom is 0.160 e. The van der Waals surface area contributed by atoms with E-state index in [2.05, 4.69) is 13.8 Å². The van der Waals surface area contributed by atoms with E-state index in [1.807, 2.05) is 0 Å². The van der Waals surface area contributed by atoms with Crippen LogP contribution in [0, 0.1) is 5.92 Å². The summed E-state index contributed by atoms with van der Waals surface area (Å²) >= 11 is 5.57. The predicted octanol–water partition coefficient (Wildman–Crippen LogP) is 1.62. The van der Waals surface area contributed by atoms with Gasteiger partial charge in [0.25, 0.3) is 0 Å². The second-order valence-corrected chi connectivity index (χ2v) is 3.17. The molecule has 1 saturated heterocycles. The molecule has 0 N–H and O–H groups in total. The fourth-order valence-electron chi connectivity index (χ4n) is 0.901. The highest BCUT2D eigenvalue weighted by Crippen LogP contribution is 2.18. The number of rotatable bonds is 2. The van der Waals surface area contributed by atoms with Gasteiger partial charge >= 0.3 is 0 Å². The zero-order valence-electron chi connectivity index (χ0n) is 6.34. The van der Waals surface area contributed by atoms with Crippen LogP contribution in [-0.4, -0.2) is 24.9 Å². The molecule has 0 aliphatic carbocycles. The van der Waals surface area contributed by atoms with E-state index in [-0.39, 0.29) is 12.4 Å². The summed E-state index contributed by atoms with van der Waals surface area (Å²) in [6.45, 7) is 4.79. The summed E-state index contributed by atoms with van der Waals surface area (Å²) in [5.74, 6) is 0.955. The maximum absolute atomic E-state index is 5.57. The van der Waals surface area contributed by atoms with Crippen LogP contribution in [0.3, 0.4) is 0 Å². The van der Waals surface area contributed by atoms with Crippen molar-refractivity contribution in [3.63, 3.8) is 0 Å². The molecule has 1 rings (SSSR count). The number of hydrogen-bond donors (Lipinski definition) is 0. The lowest BCUT2D eigenvalue weighted by atomic mass is 10.2. The van der Waals surface area contributed by atoms with Crippen molar-refractivity contribution in [2.45, 2.75) is 26.2 Å². The molecule has 2 atom stereocenters. The summed E-state index contributed by atoms with van der Waals surface area (Å²) in [6.07, 6.45) is 0.0674. The highest BCUT2D eigenvalue weighted by molar-refractivity contribution is 6.18. The standard InChI is InChI=1S/C7H13ClO2/c1-5(2)7-9-4-6(3-8)10-7/h5-7H,3-4H2,1-2H3/t6-,7-/m1/s1. The van der Waals surface area contributed by atoms with Crippen molar-refractivity contribution in [3.8, 4) is 0 Å². The minimum absolute atomic E-state index is 0.0382. The van der Waals surface area contributed by atoms with Gasteiger partial charge in [0.15, 0.2) is 6.29 Å². The second kappa shape index (κ2) is 3.56. The van der Waals surface area contributed by atoms with Gasteiger partial charge in [-0.15, -0.1) is 11.6 Å². The Kier molecular flexibility index (Phi) is 2.96. The zero-order valence-corrected chi connectivity index (χ0v) is 7.10. The third-order valence-corrected chi connectivity index (χ3v) is 1.83. The van der Waals surface area contributed by atoms with E-state index in [4.69, 9.17) is 21.1 Å². The topological polar surface area (TPSA) is 18.5 Å². The number of ether oxygens (including phenoxy) is 2. The van der Waals surface area contributed by atoms with Crippen LogP contribution in [0.5, 0.6) is 0 Å². The summed E-state index contributed by atoms with van der Waals surface area (Å²) in [7, 11) is 0. The third kappa shape index (κ3) is 1.84. The fraction of sp³-hybridized carbons (Fsp3) is 1.00. The molecule has 2 nitrogen and oxygen atoms in total. The van der Waals surface area contributed by atoms with E-state index in [1.165, 1.54) is 0 Å².